The second kappa shape index (κ2) is 9.23. The summed E-state index contributed by atoms with van der Waals surface area (Å²) in [5.41, 5.74) is 4.25. The molecule has 0 spiro atoms. The van der Waals surface area contributed by atoms with Crippen LogP contribution in [0.3, 0.4) is 0 Å². The van der Waals surface area contributed by atoms with E-state index in [4.69, 9.17) is 19.5 Å². The summed E-state index contributed by atoms with van der Waals surface area (Å²) in [5.74, 6) is 2.69. The van der Waals surface area contributed by atoms with E-state index in [0.29, 0.717) is 29.5 Å². The van der Waals surface area contributed by atoms with Crippen LogP contribution in [-0.4, -0.2) is 24.2 Å². The number of nitrogens with one attached hydrogen (secondary N) is 1. The van der Waals surface area contributed by atoms with Crippen LogP contribution in [0.25, 0.3) is 10.9 Å². The van der Waals surface area contributed by atoms with E-state index in [9.17, 15) is 0 Å². The number of rotatable bonds is 7. The van der Waals surface area contributed by atoms with E-state index in [-0.39, 0.29) is 0 Å². The first-order valence-corrected chi connectivity index (χ1v) is 9.97. The summed E-state index contributed by atoms with van der Waals surface area (Å²) in [5, 5.41) is 13.1. The molecule has 0 saturated carbocycles. The summed E-state index contributed by atoms with van der Waals surface area (Å²) in [6.07, 6.45) is 1.51. The molecule has 0 fully saturated rings. The minimum absolute atomic E-state index is 0.428. The molecular formula is C25H22N4O3. The van der Waals surface area contributed by atoms with Gasteiger partial charge in [-0.25, -0.2) is 9.97 Å². The first kappa shape index (κ1) is 20.9. The molecule has 7 heteroatoms. The van der Waals surface area contributed by atoms with Gasteiger partial charge in [-0.1, -0.05) is 12.1 Å². The van der Waals surface area contributed by atoms with Crippen molar-refractivity contribution in [2.24, 2.45) is 0 Å². The van der Waals surface area contributed by atoms with Crippen molar-refractivity contribution in [2.45, 2.75) is 13.5 Å². The van der Waals surface area contributed by atoms with Crippen molar-refractivity contribution in [3.63, 3.8) is 0 Å². The average Bonchev–Trinajstić information content (AvgIpc) is 2.83. The van der Waals surface area contributed by atoms with Crippen molar-refractivity contribution in [2.75, 3.05) is 19.5 Å². The predicted molar refractivity (Wildman–Crippen MR) is 123 cm³/mol. The maximum atomic E-state index is 8.91. The van der Waals surface area contributed by atoms with Crippen molar-refractivity contribution in [1.82, 2.24) is 9.97 Å². The molecule has 1 aromatic heterocycles. The Bertz CT molecular complexity index is 1300. The highest BCUT2D eigenvalue weighted by Crippen LogP contribution is 2.34. The summed E-state index contributed by atoms with van der Waals surface area (Å²) in [6, 6.07) is 19.0. The van der Waals surface area contributed by atoms with E-state index in [1.807, 2.05) is 49.4 Å². The summed E-state index contributed by atoms with van der Waals surface area (Å²) >= 11 is 0. The Hall–Kier alpha value is -4.31. The van der Waals surface area contributed by atoms with Crippen LogP contribution in [0, 0.1) is 18.3 Å². The fourth-order valence-corrected chi connectivity index (χ4v) is 3.35. The maximum Gasteiger partial charge on any atom is 0.162 e. The quantitative estimate of drug-likeness (QED) is 0.437. The first-order valence-electron chi connectivity index (χ1n) is 9.97. The van der Waals surface area contributed by atoms with Crippen LogP contribution in [0.2, 0.25) is 0 Å². The lowest BCUT2D eigenvalue weighted by atomic mass is 10.1. The SMILES string of the molecule is COc1cc2ncnc(Nc3ccc(OCc4ccc(C#N)cc4)c(C)c3)c2cc1OC. The molecule has 0 atom stereocenters. The Morgan fingerprint density at radius 2 is 1.66 bits per heavy atom. The number of methoxy groups -OCH3 is 2. The topological polar surface area (TPSA) is 89.3 Å². The van der Waals surface area contributed by atoms with Crippen LogP contribution < -0.4 is 19.5 Å². The van der Waals surface area contributed by atoms with Gasteiger partial charge < -0.3 is 19.5 Å². The number of hydrogen-bond acceptors (Lipinski definition) is 7. The van der Waals surface area contributed by atoms with E-state index < -0.39 is 0 Å². The molecule has 32 heavy (non-hydrogen) atoms. The van der Waals surface area contributed by atoms with Crippen LogP contribution >= 0.6 is 0 Å². The molecule has 0 aliphatic rings. The number of nitriles is 1. The van der Waals surface area contributed by atoms with Crippen molar-refractivity contribution in [3.8, 4) is 23.3 Å². The van der Waals surface area contributed by atoms with Gasteiger partial charge in [0.2, 0.25) is 0 Å². The third-order valence-corrected chi connectivity index (χ3v) is 5.06. The van der Waals surface area contributed by atoms with E-state index in [2.05, 4.69) is 21.4 Å². The normalized spacial score (nSPS) is 10.4. The van der Waals surface area contributed by atoms with Gasteiger partial charge in [-0.2, -0.15) is 5.26 Å². The number of ether oxygens (including phenoxy) is 3. The van der Waals surface area contributed by atoms with E-state index in [1.54, 1.807) is 26.4 Å². The summed E-state index contributed by atoms with van der Waals surface area (Å²) in [4.78, 5) is 8.74. The molecule has 160 valence electrons. The fraction of sp³-hybridized carbons (Fsp3) is 0.160. The number of aryl methyl sites for hydroxylation is 1. The van der Waals surface area contributed by atoms with Crippen LogP contribution in [0.5, 0.6) is 17.2 Å². The molecule has 1 heterocycles. The van der Waals surface area contributed by atoms with Gasteiger partial charge in [0, 0.05) is 17.1 Å². The van der Waals surface area contributed by atoms with E-state index >= 15 is 0 Å². The second-order valence-corrected chi connectivity index (χ2v) is 7.15. The number of anilines is 2. The molecule has 0 aliphatic carbocycles. The van der Waals surface area contributed by atoms with Crippen LogP contribution in [0.4, 0.5) is 11.5 Å². The Labute approximate surface area is 186 Å². The van der Waals surface area contributed by atoms with Crippen LogP contribution in [0.15, 0.2) is 60.9 Å². The number of benzene rings is 3. The van der Waals surface area contributed by atoms with Gasteiger partial charge >= 0.3 is 0 Å². The highest BCUT2D eigenvalue weighted by atomic mass is 16.5. The van der Waals surface area contributed by atoms with Gasteiger partial charge in [0.15, 0.2) is 11.5 Å². The largest absolute Gasteiger partial charge is 0.493 e. The molecule has 4 aromatic rings. The molecule has 0 amide bonds. The molecule has 0 aliphatic heterocycles. The van der Waals surface area contributed by atoms with Crippen molar-refractivity contribution in [3.05, 3.63) is 77.6 Å². The smallest absolute Gasteiger partial charge is 0.162 e. The Kier molecular flexibility index (Phi) is 6.04. The van der Waals surface area contributed by atoms with Gasteiger partial charge in [0.1, 0.15) is 24.5 Å². The zero-order valence-electron chi connectivity index (χ0n) is 18.0. The van der Waals surface area contributed by atoms with Gasteiger partial charge in [-0.3, -0.25) is 0 Å². The minimum Gasteiger partial charge on any atom is -0.493 e. The molecule has 0 bridgehead atoms. The molecule has 1 N–H and O–H groups in total. The molecule has 0 unspecified atom stereocenters. The fourth-order valence-electron chi connectivity index (χ4n) is 3.35. The lowest BCUT2D eigenvalue weighted by Gasteiger charge is -2.14. The zero-order chi connectivity index (χ0) is 22.5. The Balaban J connectivity index is 1.53. The van der Waals surface area contributed by atoms with E-state index in [0.717, 1.165) is 33.5 Å². The standard InChI is InChI=1S/C25H22N4O3/c1-16-10-19(8-9-22(16)32-14-18-6-4-17(13-26)5-7-18)29-25-20-11-23(30-2)24(31-3)12-21(20)27-15-28-25/h4-12,15H,14H2,1-3H3,(H,27,28,29). The number of hydrogen-bond donors (Lipinski definition) is 1. The molecular weight excluding hydrogens is 404 g/mol. The Morgan fingerprint density at radius 3 is 2.34 bits per heavy atom. The number of nitrogens with zero attached hydrogens (tertiary/aromatic N) is 3. The zero-order valence-corrected chi connectivity index (χ0v) is 18.0. The van der Waals surface area contributed by atoms with Crippen molar-refractivity contribution < 1.29 is 14.2 Å². The molecule has 0 radical (unpaired) electrons. The second-order valence-electron chi connectivity index (χ2n) is 7.15. The summed E-state index contributed by atoms with van der Waals surface area (Å²) in [6.45, 7) is 2.42. The third-order valence-electron chi connectivity index (χ3n) is 5.06. The number of aromatic nitrogens is 2. The minimum atomic E-state index is 0.428. The van der Waals surface area contributed by atoms with Crippen LogP contribution in [-0.2, 0) is 6.61 Å². The number of fused-ring (bicyclic) bond motifs is 1. The van der Waals surface area contributed by atoms with E-state index in [1.165, 1.54) is 6.33 Å². The third kappa shape index (κ3) is 4.40. The maximum absolute atomic E-state index is 8.91. The lowest BCUT2D eigenvalue weighted by molar-refractivity contribution is 0.304. The molecule has 3 aromatic carbocycles. The summed E-state index contributed by atoms with van der Waals surface area (Å²) < 4.78 is 16.7. The lowest BCUT2D eigenvalue weighted by Crippen LogP contribution is -2.00. The van der Waals surface area contributed by atoms with Gasteiger partial charge in [0.25, 0.3) is 0 Å². The van der Waals surface area contributed by atoms with Crippen molar-refractivity contribution in [1.29, 1.82) is 5.26 Å². The Morgan fingerprint density at radius 1 is 0.906 bits per heavy atom. The highest BCUT2D eigenvalue weighted by molar-refractivity contribution is 5.93. The van der Waals surface area contributed by atoms with Gasteiger partial charge in [-0.15, -0.1) is 0 Å². The highest BCUT2D eigenvalue weighted by Gasteiger charge is 2.12. The molecule has 4 rings (SSSR count). The average molecular weight is 426 g/mol. The first-order chi connectivity index (χ1) is 15.6. The van der Waals surface area contributed by atoms with Gasteiger partial charge in [0.05, 0.1) is 31.4 Å². The molecule has 0 saturated heterocycles. The summed E-state index contributed by atoms with van der Waals surface area (Å²) in [7, 11) is 3.19. The van der Waals surface area contributed by atoms with Crippen LogP contribution in [0.1, 0.15) is 16.7 Å². The monoisotopic (exact) mass is 426 g/mol. The van der Waals surface area contributed by atoms with Gasteiger partial charge in [-0.05, 0) is 54.4 Å². The predicted octanol–water partition coefficient (Wildman–Crippen LogP) is 5.15. The molecule has 7 nitrogen and oxygen atoms in total. The van der Waals surface area contributed by atoms with Crippen molar-refractivity contribution >= 4 is 22.4 Å².